The SMILES string of the molecule is CNC1CCN(C(=O)c2ccc(OC)c(OC(F)F)c2)CC1. The van der Waals surface area contributed by atoms with E-state index in [1.165, 1.54) is 19.2 Å². The van der Waals surface area contributed by atoms with Crippen molar-refractivity contribution in [1.82, 2.24) is 10.2 Å². The van der Waals surface area contributed by atoms with Crippen molar-refractivity contribution < 1.29 is 23.0 Å². The number of amides is 1. The van der Waals surface area contributed by atoms with Gasteiger partial charge >= 0.3 is 6.61 Å². The van der Waals surface area contributed by atoms with E-state index >= 15 is 0 Å². The van der Waals surface area contributed by atoms with Crippen molar-refractivity contribution >= 4 is 5.91 Å². The maximum absolute atomic E-state index is 12.5. The minimum Gasteiger partial charge on any atom is -0.493 e. The molecule has 5 nitrogen and oxygen atoms in total. The Labute approximate surface area is 128 Å². The molecule has 0 aliphatic carbocycles. The largest absolute Gasteiger partial charge is 0.493 e. The highest BCUT2D eigenvalue weighted by atomic mass is 19.3. The number of alkyl halides is 2. The Morgan fingerprint density at radius 2 is 2.00 bits per heavy atom. The van der Waals surface area contributed by atoms with Gasteiger partial charge in [-0.05, 0) is 38.1 Å². The number of halogens is 2. The molecule has 1 saturated heterocycles. The van der Waals surface area contributed by atoms with E-state index in [1.54, 1.807) is 11.0 Å². The molecule has 22 heavy (non-hydrogen) atoms. The first-order chi connectivity index (χ1) is 10.5. The van der Waals surface area contributed by atoms with Crippen molar-refractivity contribution in [2.24, 2.45) is 0 Å². The second kappa shape index (κ2) is 7.40. The smallest absolute Gasteiger partial charge is 0.387 e. The third kappa shape index (κ3) is 3.85. The number of benzene rings is 1. The fraction of sp³-hybridized carbons (Fsp3) is 0.533. The van der Waals surface area contributed by atoms with E-state index in [-0.39, 0.29) is 17.4 Å². The number of piperidine rings is 1. The number of ether oxygens (including phenoxy) is 2. The van der Waals surface area contributed by atoms with Gasteiger partial charge in [0.1, 0.15) is 0 Å². The summed E-state index contributed by atoms with van der Waals surface area (Å²) in [6.45, 7) is -1.69. The lowest BCUT2D eigenvalue weighted by atomic mass is 10.0. The molecule has 1 aliphatic rings. The molecule has 1 aliphatic heterocycles. The third-order valence-corrected chi connectivity index (χ3v) is 3.82. The van der Waals surface area contributed by atoms with Crippen LogP contribution in [0.5, 0.6) is 11.5 Å². The van der Waals surface area contributed by atoms with Gasteiger partial charge in [0.05, 0.1) is 7.11 Å². The number of methoxy groups -OCH3 is 1. The number of nitrogens with one attached hydrogen (secondary N) is 1. The summed E-state index contributed by atoms with van der Waals surface area (Å²) in [5.74, 6) is -0.143. The van der Waals surface area contributed by atoms with Crippen LogP contribution >= 0.6 is 0 Å². The number of carbonyl (C=O) groups is 1. The first-order valence-corrected chi connectivity index (χ1v) is 7.14. The van der Waals surface area contributed by atoms with Crippen molar-refractivity contribution in [3.63, 3.8) is 0 Å². The van der Waals surface area contributed by atoms with E-state index in [0.29, 0.717) is 24.7 Å². The topological polar surface area (TPSA) is 50.8 Å². The molecule has 1 heterocycles. The van der Waals surface area contributed by atoms with Gasteiger partial charge in [-0.2, -0.15) is 8.78 Å². The Kier molecular flexibility index (Phi) is 5.54. The molecule has 1 aromatic carbocycles. The molecule has 1 amide bonds. The van der Waals surface area contributed by atoms with Gasteiger partial charge in [0.15, 0.2) is 11.5 Å². The lowest BCUT2D eigenvalue weighted by Gasteiger charge is -2.32. The van der Waals surface area contributed by atoms with Crippen LogP contribution < -0.4 is 14.8 Å². The fourth-order valence-corrected chi connectivity index (χ4v) is 2.55. The number of likely N-dealkylation sites (tertiary alicyclic amines) is 1. The molecule has 0 saturated carbocycles. The maximum atomic E-state index is 12.5. The highest BCUT2D eigenvalue weighted by molar-refractivity contribution is 5.95. The standard InChI is InChI=1S/C15H20F2N2O3/c1-18-11-5-7-19(8-6-11)14(20)10-3-4-12(21-2)13(9-10)22-15(16)17/h3-4,9,11,15,18H,5-8H2,1-2H3. The predicted molar refractivity (Wildman–Crippen MR) is 77.6 cm³/mol. The molecule has 0 radical (unpaired) electrons. The predicted octanol–water partition coefficient (Wildman–Crippen LogP) is 2.12. The van der Waals surface area contributed by atoms with Crippen LogP contribution in [0.25, 0.3) is 0 Å². The molecule has 1 fully saturated rings. The highest BCUT2D eigenvalue weighted by Crippen LogP contribution is 2.30. The van der Waals surface area contributed by atoms with E-state index in [4.69, 9.17) is 4.74 Å². The normalized spacial score (nSPS) is 16.0. The molecule has 0 atom stereocenters. The van der Waals surface area contributed by atoms with Crippen LogP contribution in [0.15, 0.2) is 18.2 Å². The van der Waals surface area contributed by atoms with Crippen molar-refractivity contribution in [2.75, 3.05) is 27.2 Å². The van der Waals surface area contributed by atoms with E-state index in [1.807, 2.05) is 7.05 Å². The highest BCUT2D eigenvalue weighted by Gasteiger charge is 2.24. The zero-order chi connectivity index (χ0) is 16.1. The Balaban J connectivity index is 2.12. The van der Waals surface area contributed by atoms with Crippen molar-refractivity contribution in [3.05, 3.63) is 23.8 Å². The Bertz CT molecular complexity index is 518. The molecule has 2 rings (SSSR count). The second-order valence-corrected chi connectivity index (χ2v) is 5.10. The van der Waals surface area contributed by atoms with Gasteiger partial charge in [-0.1, -0.05) is 0 Å². The van der Waals surface area contributed by atoms with Crippen LogP contribution in [-0.2, 0) is 0 Å². The van der Waals surface area contributed by atoms with Gasteiger partial charge in [-0.3, -0.25) is 4.79 Å². The Morgan fingerprint density at radius 1 is 1.32 bits per heavy atom. The van der Waals surface area contributed by atoms with Gasteiger partial charge < -0.3 is 19.7 Å². The summed E-state index contributed by atoms with van der Waals surface area (Å²) >= 11 is 0. The summed E-state index contributed by atoms with van der Waals surface area (Å²) in [6, 6.07) is 4.74. The number of hydrogen-bond acceptors (Lipinski definition) is 4. The zero-order valence-corrected chi connectivity index (χ0v) is 12.6. The molecular weight excluding hydrogens is 294 g/mol. The van der Waals surface area contributed by atoms with E-state index in [0.717, 1.165) is 12.8 Å². The van der Waals surface area contributed by atoms with Crippen LogP contribution in [0.4, 0.5) is 8.78 Å². The van der Waals surface area contributed by atoms with Crippen molar-refractivity contribution in [1.29, 1.82) is 0 Å². The van der Waals surface area contributed by atoms with Crippen LogP contribution in [0, 0.1) is 0 Å². The minimum absolute atomic E-state index is 0.131. The summed E-state index contributed by atoms with van der Waals surface area (Å²) in [5, 5.41) is 3.19. The first kappa shape index (κ1) is 16.5. The molecule has 1 N–H and O–H groups in total. The first-order valence-electron chi connectivity index (χ1n) is 7.14. The summed E-state index contributed by atoms with van der Waals surface area (Å²) < 4.78 is 34.2. The van der Waals surface area contributed by atoms with Crippen LogP contribution in [0.2, 0.25) is 0 Å². The minimum atomic E-state index is -2.97. The average Bonchev–Trinajstić information content (AvgIpc) is 2.53. The molecule has 0 aromatic heterocycles. The van der Waals surface area contributed by atoms with Crippen LogP contribution in [-0.4, -0.2) is 50.7 Å². The van der Waals surface area contributed by atoms with Crippen LogP contribution in [0.3, 0.4) is 0 Å². The maximum Gasteiger partial charge on any atom is 0.387 e. The average molecular weight is 314 g/mol. The lowest BCUT2D eigenvalue weighted by Crippen LogP contribution is -2.43. The molecule has 122 valence electrons. The number of carbonyl (C=O) groups excluding carboxylic acids is 1. The summed E-state index contributed by atoms with van der Waals surface area (Å²) in [5.41, 5.74) is 0.319. The van der Waals surface area contributed by atoms with E-state index < -0.39 is 6.61 Å². The molecule has 1 aromatic rings. The van der Waals surface area contributed by atoms with Crippen molar-refractivity contribution in [3.8, 4) is 11.5 Å². The number of nitrogens with zero attached hydrogens (tertiary/aromatic N) is 1. The summed E-state index contributed by atoms with van der Waals surface area (Å²) in [6.07, 6.45) is 1.75. The number of rotatable bonds is 5. The monoisotopic (exact) mass is 314 g/mol. The van der Waals surface area contributed by atoms with Gasteiger partial charge in [0.25, 0.3) is 5.91 Å². The van der Waals surface area contributed by atoms with Gasteiger partial charge in [0, 0.05) is 24.7 Å². The quantitative estimate of drug-likeness (QED) is 0.904. The molecule has 0 bridgehead atoms. The Morgan fingerprint density at radius 3 is 2.55 bits per heavy atom. The summed E-state index contributed by atoms with van der Waals surface area (Å²) in [4.78, 5) is 14.2. The zero-order valence-electron chi connectivity index (χ0n) is 12.6. The fourth-order valence-electron chi connectivity index (χ4n) is 2.55. The van der Waals surface area contributed by atoms with Crippen LogP contribution in [0.1, 0.15) is 23.2 Å². The van der Waals surface area contributed by atoms with Gasteiger partial charge in [-0.15, -0.1) is 0 Å². The van der Waals surface area contributed by atoms with Gasteiger partial charge in [0.2, 0.25) is 0 Å². The number of hydrogen-bond donors (Lipinski definition) is 1. The molecule has 0 unspecified atom stereocenters. The molecule has 0 spiro atoms. The van der Waals surface area contributed by atoms with E-state index in [9.17, 15) is 13.6 Å². The molecule has 7 heteroatoms. The summed E-state index contributed by atoms with van der Waals surface area (Å²) in [7, 11) is 3.26. The van der Waals surface area contributed by atoms with E-state index in [2.05, 4.69) is 10.1 Å². The van der Waals surface area contributed by atoms with Crippen molar-refractivity contribution in [2.45, 2.75) is 25.5 Å². The third-order valence-electron chi connectivity index (χ3n) is 3.82. The Hall–Kier alpha value is -1.89. The lowest BCUT2D eigenvalue weighted by molar-refractivity contribution is -0.0512. The second-order valence-electron chi connectivity index (χ2n) is 5.10. The van der Waals surface area contributed by atoms with Gasteiger partial charge in [-0.25, -0.2) is 0 Å². The molecular formula is C15H20F2N2O3.